The summed E-state index contributed by atoms with van der Waals surface area (Å²) in [4.78, 5) is 20.6. The average molecular weight is 380 g/mol. The lowest BCUT2D eigenvalue weighted by molar-refractivity contribution is 0.102. The minimum atomic E-state index is -0.360. The largest absolute Gasteiger partial charge is 0.431 e. The maximum atomic E-state index is 12.2. The summed E-state index contributed by atoms with van der Waals surface area (Å²) < 4.78 is 5.67. The van der Waals surface area contributed by atoms with Gasteiger partial charge in [-0.15, -0.1) is 0 Å². The molecule has 1 aliphatic heterocycles. The van der Waals surface area contributed by atoms with Crippen LogP contribution in [0.1, 0.15) is 10.5 Å². The summed E-state index contributed by atoms with van der Waals surface area (Å²) in [6, 6.07) is 5.90. The third-order valence-electron chi connectivity index (χ3n) is 3.82. The van der Waals surface area contributed by atoms with Crippen LogP contribution in [0.5, 0.6) is 0 Å². The Kier molecular flexibility index (Phi) is 4.53. The zero-order valence-corrected chi connectivity index (χ0v) is 14.3. The molecule has 0 unspecified atom stereocenters. The molecule has 122 valence electrons. The Morgan fingerprint density at radius 1 is 1.35 bits per heavy atom. The summed E-state index contributed by atoms with van der Waals surface area (Å²) in [5.41, 5.74) is 7.31. The van der Waals surface area contributed by atoms with Crippen LogP contribution in [0.3, 0.4) is 0 Å². The van der Waals surface area contributed by atoms with E-state index in [9.17, 15) is 4.79 Å². The molecule has 0 aliphatic carbocycles. The summed E-state index contributed by atoms with van der Waals surface area (Å²) in [5.74, 6) is -0.360. The van der Waals surface area contributed by atoms with E-state index in [2.05, 4.69) is 43.1 Å². The number of anilines is 3. The Bertz CT molecular complexity index is 710. The van der Waals surface area contributed by atoms with Crippen molar-refractivity contribution in [1.29, 1.82) is 0 Å². The number of amides is 1. The van der Waals surface area contributed by atoms with Crippen molar-refractivity contribution in [3.05, 3.63) is 34.6 Å². The van der Waals surface area contributed by atoms with Gasteiger partial charge in [0.25, 0.3) is 11.9 Å². The van der Waals surface area contributed by atoms with Crippen molar-refractivity contribution in [2.45, 2.75) is 0 Å². The summed E-state index contributed by atoms with van der Waals surface area (Å²) >= 11 is 3.46. The second-order valence-corrected chi connectivity index (χ2v) is 6.33. The number of hydrogen-bond donors (Lipinski definition) is 2. The van der Waals surface area contributed by atoms with Gasteiger partial charge in [0.15, 0.2) is 5.69 Å². The molecule has 1 amide bonds. The minimum Gasteiger partial charge on any atom is -0.431 e. The van der Waals surface area contributed by atoms with Crippen LogP contribution in [0.25, 0.3) is 0 Å². The normalized spacial score (nSPS) is 15.7. The lowest BCUT2D eigenvalue weighted by Crippen LogP contribution is -2.44. The molecule has 23 heavy (non-hydrogen) atoms. The zero-order valence-electron chi connectivity index (χ0n) is 12.8. The van der Waals surface area contributed by atoms with E-state index in [1.54, 1.807) is 0 Å². The Morgan fingerprint density at radius 2 is 2.09 bits per heavy atom. The molecule has 0 spiro atoms. The lowest BCUT2D eigenvalue weighted by Gasteiger charge is -2.34. The number of likely N-dealkylation sites (N-methyl/N-ethyl adjacent to an activating group) is 1. The molecule has 1 fully saturated rings. The van der Waals surface area contributed by atoms with Crippen molar-refractivity contribution >= 4 is 39.2 Å². The van der Waals surface area contributed by atoms with Crippen LogP contribution in [-0.4, -0.2) is 49.0 Å². The highest BCUT2D eigenvalue weighted by Crippen LogP contribution is 2.29. The van der Waals surface area contributed by atoms with Crippen molar-refractivity contribution in [2.24, 2.45) is 0 Å². The molecule has 7 nitrogen and oxygen atoms in total. The van der Waals surface area contributed by atoms with E-state index in [1.165, 1.54) is 6.26 Å². The Morgan fingerprint density at radius 3 is 2.74 bits per heavy atom. The fourth-order valence-corrected chi connectivity index (χ4v) is 2.79. The van der Waals surface area contributed by atoms with Crippen LogP contribution in [0, 0.1) is 0 Å². The molecule has 3 N–H and O–H groups in total. The predicted molar refractivity (Wildman–Crippen MR) is 92.7 cm³/mol. The van der Waals surface area contributed by atoms with Crippen molar-refractivity contribution in [1.82, 2.24) is 9.88 Å². The number of nitrogens with two attached hydrogens (primary N) is 1. The number of halogens is 1. The van der Waals surface area contributed by atoms with Crippen LogP contribution >= 0.6 is 15.9 Å². The van der Waals surface area contributed by atoms with Crippen molar-refractivity contribution in [3.63, 3.8) is 0 Å². The number of aromatic nitrogens is 1. The molecule has 1 aromatic heterocycles. The Hall–Kier alpha value is -2.06. The average Bonchev–Trinajstić information content (AvgIpc) is 2.97. The number of nitrogens with zero attached hydrogens (tertiary/aromatic N) is 3. The minimum absolute atomic E-state index is 0.0274. The van der Waals surface area contributed by atoms with Crippen LogP contribution in [0.2, 0.25) is 0 Å². The van der Waals surface area contributed by atoms with Gasteiger partial charge in [-0.25, -0.2) is 0 Å². The van der Waals surface area contributed by atoms with Crippen molar-refractivity contribution in [3.8, 4) is 0 Å². The second kappa shape index (κ2) is 6.59. The van der Waals surface area contributed by atoms with Gasteiger partial charge in [-0.1, -0.05) is 0 Å². The summed E-state index contributed by atoms with van der Waals surface area (Å²) in [5, 5.41) is 2.83. The molecule has 0 radical (unpaired) electrons. The van der Waals surface area contributed by atoms with E-state index in [1.807, 2.05) is 18.2 Å². The maximum absolute atomic E-state index is 12.2. The molecule has 0 bridgehead atoms. The molecule has 0 saturated carbocycles. The van der Waals surface area contributed by atoms with Gasteiger partial charge >= 0.3 is 0 Å². The van der Waals surface area contributed by atoms with Gasteiger partial charge in [0.2, 0.25) is 0 Å². The van der Waals surface area contributed by atoms with Gasteiger partial charge in [0.1, 0.15) is 6.26 Å². The van der Waals surface area contributed by atoms with Gasteiger partial charge in [-0.05, 0) is 41.2 Å². The predicted octanol–water partition coefficient (Wildman–Crippen LogP) is 2.02. The van der Waals surface area contributed by atoms with E-state index in [0.717, 1.165) is 36.3 Å². The molecule has 2 aromatic rings. The fourth-order valence-electron chi connectivity index (χ4n) is 2.45. The number of carbonyl (C=O) groups is 1. The summed E-state index contributed by atoms with van der Waals surface area (Å²) in [7, 11) is 2.12. The first kappa shape index (κ1) is 15.8. The summed E-state index contributed by atoms with van der Waals surface area (Å²) in [6.07, 6.45) is 1.24. The molecular weight excluding hydrogens is 362 g/mol. The van der Waals surface area contributed by atoms with Crippen LogP contribution in [-0.2, 0) is 0 Å². The van der Waals surface area contributed by atoms with Gasteiger partial charge in [0.05, 0.1) is 5.69 Å². The quantitative estimate of drug-likeness (QED) is 0.847. The van der Waals surface area contributed by atoms with E-state index in [0.29, 0.717) is 5.69 Å². The molecule has 1 aliphatic rings. The first-order valence-corrected chi connectivity index (χ1v) is 8.07. The lowest BCUT2D eigenvalue weighted by atomic mass is 10.2. The van der Waals surface area contributed by atoms with Crippen molar-refractivity contribution in [2.75, 3.05) is 49.2 Å². The SMILES string of the molecule is CN1CCN(c2ccc(Br)c(NC(=O)c3coc(N)n3)c2)CC1. The Balaban J connectivity index is 1.76. The van der Waals surface area contributed by atoms with Gasteiger partial charge < -0.3 is 25.3 Å². The third-order valence-corrected chi connectivity index (χ3v) is 4.51. The summed E-state index contributed by atoms with van der Waals surface area (Å²) in [6.45, 7) is 3.97. The van der Waals surface area contributed by atoms with Crippen molar-refractivity contribution < 1.29 is 9.21 Å². The van der Waals surface area contributed by atoms with Gasteiger partial charge in [0, 0.05) is 36.3 Å². The molecule has 1 aromatic carbocycles. The maximum Gasteiger partial charge on any atom is 0.292 e. The molecule has 3 rings (SSSR count). The van der Waals surface area contributed by atoms with Crippen LogP contribution in [0.4, 0.5) is 17.4 Å². The first-order valence-electron chi connectivity index (χ1n) is 7.28. The van der Waals surface area contributed by atoms with E-state index < -0.39 is 0 Å². The molecular formula is C15H18BrN5O2. The molecule has 1 saturated heterocycles. The highest BCUT2D eigenvalue weighted by Gasteiger charge is 2.17. The number of oxazole rings is 1. The number of benzene rings is 1. The highest BCUT2D eigenvalue weighted by molar-refractivity contribution is 9.10. The number of hydrogen-bond acceptors (Lipinski definition) is 6. The van der Waals surface area contributed by atoms with E-state index >= 15 is 0 Å². The second-order valence-electron chi connectivity index (χ2n) is 5.48. The number of piperazine rings is 1. The van der Waals surface area contributed by atoms with Crippen LogP contribution in [0.15, 0.2) is 33.4 Å². The van der Waals surface area contributed by atoms with E-state index in [4.69, 9.17) is 10.2 Å². The number of nitrogens with one attached hydrogen (secondary N) is 1. The topological polar surface area (TPSA) is 87.6 Å². The van der Waals surface area contributed by atoms with Gasteiger partial charge in [-0.2, -0.15) is 4.98 Å². The fraction of sp³-hybridized carbons (Fsp3) is 0.333. The molecule has 0 atom stereocenters. The number of rotatable bonds is 3. The smallest absolute Gasteiger partial charge is 0.292 e. The van der Waals surface area contributed by atoms with Gasteiger partial charge in [-0.3, -0.25) is 4.79 Å². The number of nitrogen functional groups attached to an aromatic ring is 1. The highest BCUT2D eigenvalue weighted by atomic mass is 79.9. The van der Waals surface area contributed by atoms with E-state index in [-0.39, 0.29) is 17.6 Å². The Labute approximate surface area is 142 Å². The third kappa shape index (κ3) is 3.65. The zero-order chi connectivity index (χ0) is 16.4. The van der Waals surface area contributed by atoms with Crippen LogP contribution < -0.4 is 16.0 Å². The first-order chi connectivity index (χ1) is 11.0. The monoisotopic (exact) mass is 379 g/mol. The molecule has 8 heteroatoms. The standard InChI is InChI=1S/C15H18BrN5O2/c1-20-4-6-21(7-5-20)10-2-3-11(16)12(8-10)18-14(22)13-9-23-15(17)19-13/h2-3,8-9H,4-7H2,1H3,(H2,17,19)(H,18,22). The number of carbonyl (C=O) groups excluding carboxylic acids is 1. The molecule has 2 heterocycles.